The van der Waals surface area contributed by atoms with Crippen LogP contribution in [0.3, 0.4) is 0 Å². The van der Waals surface area contributed by atoms with Crippen molar-refractivity contribution < 1.29 is 50.2 Å². The third kappa shape index (κ3) is 8.03. The molecule has 2 aromatic rings. The number of sulfonamides is 1. The van der Waals surface area contributed by atoms with Gasteiger partial charge in [0, 0.05) is 32.2 Å². The molecular weight excluding hydrogens is 565 g/mol. The fourth-order valence-electron chi connectivity index (χ4n) is 4.65. The van der Waals surface area contributed by atoms with Crippen LogP contribution in [-0.2, 0) is 14.8 Å². The molecule has 3 N–H and O–H groups in total. The molecule has 2 aromatic carbocycles. The normalized spacial score (nSPS) is 17.1. The Morgan fingerprint density at radius 2 is 1.48 bits per heavy atom. The first-order valence-corrected chi connectivity index (χ1v) is 13.8. The number of carboxylic acid groups (broad SMARTS) is 2. The van der Waals surface area contributed by atoms with Crippen LogP contribution in [0.5, 0.6) is 0 Å². The highest BCUT2D eigenvalue weighted by molar-refractivity contribution is 7.92. The van der Waals surface area contributed by atoms with Crippen molar-refractivity contribution in [1.82, 2.24) is 4.90 Å². The maximum Gasteiger partial charge on any atom is 0.490 e. The summed E-state index contributed by atoms with van der Waals surface area (Å²) < 4.78 is 86.7. The quantitative estimate of drug-likeness (QED) is 0.417. The van der Waals surface area contributed by atoms with Crippen LogP contribution in [0.25, 0.3) is 0 Å². The van der Waals surface area contributed by atoms with E-state index in [2.05, 4.69) is 9.62 Å². The molecule has 1 aliphatic carbocycles. The molecular formula is C25H28F5N3O6S. The van der Waals surface area contributed by atoms with Crippen LogP contribution in [0, 0.1) is 11.6 Å². The molecule has 40 heavy (non-hydrogen) atoms. The van der Waals surface area contributed by atoms with E-state index in [0.717, 1.165) is 25.2 Å². The third-order valence-electron chi connectivity index (χ3n) is 6.68. The number of carboxylic acids is 2. The van der Waals surface area contributed by atoms with Crippen LogP contribution in [0.4, 0.5) is 33.3 Å². The van der Waals surface area contributed by atoms with Gasteiger partial charge in [-0.1, -0.05) is 19.3 Å². The summed E-state index contributed by atoms with van der Waals surface area (Å²) in [4.78, 5) is 24.4. The minimum absolute atomic E-state index is 0.0809. The van der Waals surface area contributed by atoms with Crippen molar-refractivity contribution in [2.24, 2.45) is 0 Å². The number of benzene rings is 2. The maximum absolute atomic E-state index is 13.6. The fourth-order valence-corrected chi connectivity index (χ4v) is 5.73. The van der Waals surface area contributed by atoms with Gasteiger partial charge in [0.25, 0.3) is 10.0 Å². The Hall–Kier alpha value is -3.46. The summed E-state index contributed by atoms with van der Waals surface area (Å²) >= 11 is 0. The Kier molecular flexibility index (Phi) is 9.95. The van der Waals surface area contributed by atoms with Gasteiger partial charge in [-0.25, -0.2) is 26.8 Å². The molecule has 2 fully saturated rings. The third-order valence-corrected chi connectivity index (χ3v) is 8.04. The zero-order valence-electron chi connectivity index (χ0n) is 21.1. The number of halogens is 5. The van der Waals surface area contributed by atoms with Crippen LogP contribution in [0.2, 0.25) is 0 Å². The van der Waals surface area contributed by atoms with Gasteiger partial charge >= 0.3 is 18.1 Å². The van der Waals surface area contributed by atoms with Gasteiger partial charge in [-0.3, -0.25) is 9.62 Å². The summed E-state index contributed by atoms with van der Waals surface area (Å²) in [5.74, 6) is -6.39. The van der Waals surface area contributed by atoms with Crippen LogP contribution in [-0.4, -0.2) is 73.9 Å². The van der Waals surface area contributed by atoms with E-state index in [-0.39, 0.29) is 11.3 Å². The molecule has 0 aromatic heterocycles. The molecule has 0 radical (unpaired) electrons. The van der Waals surface area contributed by atoms with Crippen molar-refractivity contribution in [3.8, 4) is 0 Å². The Morgan fingerprint density at radius 3 is 2.00 bits per heavy atom. The van der Waals surface area contributed by atoms with E-state index in [4.69, 9.17) is 9.90 Å². The number of hydrogen-bond acceptors (Lipinski definition) is 6. The maximum atomic E-state index is 13.6. The van der Waals surface area contributed by atoms with Crippen molar-refractivity contribution >= 4 is 33.3 Å². The van der Waals surface area contributed by atoms with Crippen molar-refractivity contribution in [3.05, 3.63) is 53.6 Å². The number of carbonyl (C=O) groups is 2. The Labute approximate surface area is 227 Å². The Morgan fingerprint density at radius 1 is 0.875 bits per heavy atom. The van der Waals surface area contributed by atoms with Gasteiger partial charge in [-0.15, -0.1) is 0 Å². The van der Waals surface area contributed by atoms with E-state index in [1.807, 2.05) is 4.90 Å². The van der Waals surface area contributed by atoms with E-state index in [0.29, 0.717) is 30.9 Å². The Bertz CT molecular complexity index is 1320. The minimum atomic E-state index is -5.08. The first-order chi connectivity index (χ1) is 18.7. The van der Waals surface area contributed by atoms with Crippen LogP contribution >= 0.6 is 0 Å². The zero-order chi connectivity index (χ0) is 29.7. The molecule has 2 aliphatic rings. The molecule has 0 atom stereocenters. The van der Waals surface area contributed by atoms with E-state index < -0.39 is 44.7 Å². The second-order valence-electron chi connectivity index (χ2n) is 9.34. The van der Waals surface area contributed by atoms with Crippen molar-refractivity contribution in [2.45, 2.75) is 49.2 Å². The van der Waals surface area contributed by atoms with Crippen LogP contribution < -0.4 is 9.62 Å². The predicted octanol–water partition coefficient (Wildman–Crippen LogP) is 4.55. The number of nitrogens with zero attached hydrogens (tertiary/aromatic N) is 2. The highest BCUT2D eigenvalue weighted by Crippen LogP contribution is 2.32. The number of alkyl halides is 3. The molecule has 0 spiro atoms. The van der Waals surface area contributed by atoms with Crippen molar-refractivity contribution in [2.75, 3.05) is 35.8 Å². The summed E-state index contributed by atoms with van der Waals surface area (Å²) in [7, 11) is -4.27. The molecule has 0 bridgehead atoms. The highest BCUT2D eigenvalue weighted by Gasteiger charge is 2.38. The van der Waals surface area contributed by atoms with Gasteiger partial charge in [0.1, 0.15) is 0 Å². The van der Waals surface area contributed by atoms with E-state index in [1.165, 1.54) is 44.2 Å². The van der Waals surface area contributed by atoms with Crippen molar-refractivity contribution in [3.63, 3.8) is 0 Å². The number of hydrogen-bond donors (Lipinski definition) is 3. The van der Waals surface area contributed by atoms with Gasteiger partial charge in [0.15, 0.2) is 11.6 Å². The number of nitrogens with one attached hydrogen (secondary N) is 1. The number of aliphatic carboxylic acids is 1. The van der Waals surface area contributed by atoms with E-state index >= 15 is 0 Å². The van der Waals surface area contributed by atoms with E-state index in [1.54, 1.807) is 6.07 Å². The molecule has 1 saturated carbocycles. The highest BCUT2D eigenvalue weighted by atomic mass is 32.2. The number of rotatable bonds is 6. The van der Waals surface area contributed by atoms with Crippen molar-refractivity contribution in [1.29, 1.82) is 0 Å². The lowest BCUT2D eigenvalue weighted by molar-refractivity contribution is -0.192. The topological polar surface area (TPSA) is 127 Å². The summed E-state index contributed by atoms with van der Waals surface area (Å²) in [6.45, 7) is 3.01. The molecule has 1 heterocycles. The van der Waals surface area contributed by atoms with Gasteiger partial charge in [-0.2, -0.15) is 13.2 Å². The predicted molar refractivity (Wildman–Crippen MR) is 135 cm³/mol. The molecule has 0 amide bonds. The molecule has 1 saturated heterocycles. The average molecular weight is 594 g/mol. The molecule has 9 nitrogen and oxygen atoms in total. The number of aromatic carboxylic acids is 1. The average Bonchev–Trinajstić information content (AvgIpc) is 2.90. The van der Waals surface area contributed by atoms with Crippen LogP contribution in [0.15, 0.2) is 41.3 Å². The second-order valence-corrected chi connectivity index (χ2v) is 11.0. The monoisotopic (exact) mass is 593 g/mol. The van der Waals surface area contributed by atoms with Gasteiger partial charge in [-0.05, 0) is 49.2 Å². The minimum Gasteiger partial charge on any atom is -0.478 e. The number of anilines is 2. The summed E-state index contributed by atoms with van der Waals surface area (Å²) in [5, 5.41) is 16.5. The van der Waals surface area contributed by atoms with Gasteiger partial charge in [0.2, 0.25) is 0 Å². The molecule has 220 valence electrons. The first-order valence-electron chi connectivity index (χ1n) is 12.3. The zero-order valence-corrected chi connectivity index (χ0v) is 21.9. The fraction of sp³-hybridized carbons (Fsp3) is 0.440. The lowest BCUT2D eigenvalue weighted by Crippen LogP contribution is -2.51. The molecule has 1 aliphatic heterocycles. The lowest BCUT2D eigenvalue weighted by Gasteiger charge is -2.42. The van der Waals surface area contributed by atoms with Crippen LogP contribution in [0.1, 0.15) is 42.5 Å². The summed E-state index contributed by atoms with van der Waals surface area (Å²) in [6.07, 6.45) is 1.10. The van der Waals surface area contributed by atoms with Gasteiger partial charge in [0.05, 0.1) is 21.8 Å². The molecule has 4 rings (SSSR count). The SMILES string of the molecule is O=C(O)C(F)(F)F.O=C(O)c1ccc(N2CCN(C3CCCCC3)CC2)c(NS(=O)(=O)c2ccc(F)c(F)c2)c1. The first kappa shape index (κ1) is 31.1. The number of piperazine rings is 1. The second kappa shape index (κ2) is 12.8. The van der Waals surface area contributed by atoms with Gasteiger partial charge < -0.3 is 15.1 Å². The molecule has 0 unspecified atom stereocenters. The smallest absolute Gasteiger partial charge is 0.478 e. The standard InChI is InChI=1S/C23H27F2N3O4S.C2HF3O2/c24-19-8-7-18(15-20(19)25)33(31,32)26-21-14-16(23(29)30)6-9-22(21)28-12-10-27(11-13-28)17-4-2-1-3-5-17;3-2(4,5)1(6)7/h6-9,14-15,17,26H,1-5,10-13H2,(H,29,30);(H,6,7). The lowest BCUT2D eigenvalue weighted by atomic mass is 9.94. The summed E-state index contributed by atoms with van der Waals surface area (Å²) in [5.41, 5.74) is 0.558. The Balaban J connectivity index is 0.000000559. The van der Waals surface area contributed by atoms with E-state index in [9.17, 15) is 40.3 Å². The largest absolute Gasteiger partial charge is 0.490 e. The summed E-state index contributed by atoms with van der Waals surface area (Å²) in [6, 6.07) is 7.15. The molecule has 15 heteroatoms.